The molecule has 0 bridgehead atoms. The Morgan fingerprint density at radius 2 is 1.57 bits per heavy atom. The monoisotopic (exact) mass is 439 g/mol. The van der Waals surface area contributed by atoms with Gasteiger partial charge >= 0.3 is 0 Å². The number of hydrogen-bond acceptors (Lipinski definition) is 5. The third-order valence-electron chi connectivity index (χ3n) is 6.19. The first-order valence-electron chi connectivity index (χ1n) is 10.8. The van der Waals surface area contributed by atoms with Crippen molar-refractivity contribution in [1.82, 2.24) is 0 Å². The maximum Gasteiger partial charge on any atom is 0.248 e. The fraction of sp³-hybridized carbons (Fsp3) is 0.417. The number of primary amides is 1. The van der Waals surface area contributed by atoms with E-state index in [0.717, 1.165) is 9.79 Å². The van der Waals surface area contributed by atoms with E-state index in [9.17, 15) is 9.59 Å². The lowest BCUT2D eigenvalue weighted by molar-refractivity contribution is 0.100. The van der Waals surface area contributed by atoms with Crippen molar-refractivity contribution in [3.8, 4) is 0 Å². The van der Waals surface area contributed by atoms with Gasteiger partial charge in [-0.15, -0.1) is 23.5 Å². The van der Waals surface area contributed by atoms with Gasteiger partial charge in [0.1, 0.15) is 5.58 Å². The van der Waals surface area contributed by atoms with Crippen LogP contribution in [-0.4, -0.2) is 16.4 Å². The predicted molar refractivity (Wildman–Crippen MR) is 125 cm³/mol. The molecule has 1 aromatic heterocycles. The first-order chi connectivity index (χ1) is 14.6. The first kappa shape index (κ1) is 20.0. The minimum absolute atomic E-state index is 0.0866. The number of carbonyl (C=O) groups excluding carboxylic acids is 1. The standard InChI is InChI=1S/C24H25NO3S2/c25-24(27)14-9-10-20-18(11-14)22(26)19-12-17(29-15-5-1-2-6-15)13-21(23(19)28-20)30-16-7-3-4-8-16/h9-13,15-16H,1-8H2,(H2,25,27). The Hall–Kier alpha value is -1.92. The van der Waals surface area contributed by atoms with Crippen molar-refractivity contribution in [3.63, 3.8) is 0 Å². The quantitative estimate of drug-likeness (QED) is 0.485. The van der Waals surface area contributed by atoms with Crippen molar-refractivity contribution in [3.05, 3.63) is 46.1 Å². The molecule has 6 heteroatoms. The van der Waals surface area contributed by atoms with Crippen LogP contribution in [0.3, 0.4) is 0 Å². The number of benzene rings is 2. The van der Waals surface area contributed by atoms with E-state index in [1.54, 1.807) is 18.2 Å². The normalized spacial score (nSPS) is 18.0. The van der Waals surface area contributed by atoms with Crippen LogP contribution >= 0.6 is 23.5 Å². The van der Waals surface area contributed by atoms with Crippen LogP contribution in [0.2, 0.25) is 0 Å². The first-order valence-corrected chi connectivity index (χ1v) is 12.5. The molecule has 0 saturated heterocycles. The van der Waals surface area contributed by atoms with E-state index in [4.69, 9.17) is 10.2 Å². The molecule has 0 radical (unpaired) electrons. The third-order valence-corrected chi connectivity index (χ3v) is 8.87. The smallest absolute Gasteiger partial charge is 0.248 e. The predicted octanol–water partition coefficient (Wildman–Crippen LogP) is 6.11. The molecule has 5 rings (SSSR count). The van der Waals surface area contributed by atoms with Crippen LogP contribution in [0.5, 0.6) is 0 Å². The van der Waals surface area contributed by atoms with Gasteiger partial charge in [-0.1, -0.05) is 25.7 Å². The van der Waals surface area contributed by atoms with Gasteiger partial charge < -0.3 is 10.2 Å². The lowest BCUT2D eigenvalue weighted by Gasteiger charge is -2.15. The Morgan fingerprint density at radius 1 is 0.900 bits per heavy atom. The lowest BCUT2D eigenvalue weighted by atomic mass is 10.1. The molecule has 0 unspecified atom stereocenters. The van der Waals surface area contributed by atoms with E-state index in [2.05, 4.69) is 6.07 Å². The van der Waals surface area contributed by atoms with Crippen LogP contribution in [0, 0.1) is 0 Å². The van der Waals surface area contributed by atoms with E-state index in [1.807, 2.05) is 29.6 Å². The fourth-order valence-electron chi connectivity index (χ4n) is 4.60. The summed E-state index contributed by atoms with van der Waals surface area (Å²) in [5.41, 5.74) is 6.83. The van der Waals surface area contributed by atoms with E-state index in [-0.39, 0.29) is 5.43 Å². The zero-order valence-corrected chi connectivity index (χ0v) is 18.4. The second-order valence-electron chi connectivity index (χ2n) is 8.35. The summed E-state index contributed by atoms with van der Waals surface area (Å²) >= 11 is 3.75. The second kappa shape index (κ2) is 8.31. The average Bonchev–Trinajstić information content (AvgIpc) is 3.43. The maximum atomic E-state index is 13.4. The fourth-order valence-corrected chi connectivity index (χ4v) is 7.38. The Bertz CT molecular complexity index is 1170. The van der Waals surface area contributed by atoms with Crippen LogP contribution < -0.4 is 11.2 Å². The Labute approximate surface area is 184 Å². The van der Waals surface area contributed by atoms with Gasteiger partial charge in [0.2, 0.25) is 11.3 Å². The summed E-state index contributed by atoms with van der Waals surface area (Å²) in [6.07, 6.45) is 10.0. The van der Waals surface area contributed by atoms with Gasteiger partial charge in [0, 0.05) is 21.0 Å². The molecule has 2 N–H and O–H groups in total. The lowest BCUT2D eigenvalue weighted by Crippen LogP contribution is -2.12. The number of rotatable bonds is 5. The van der Waals surface area contributed by atoms with Crippen LogP contribution in [0.1, 0.15) is 61.7 Å². The van der Waals surface area contributed by atoms with Crippen molar-refractivity contribution in [2.75, 3.05) is 0 Å². The highest BCUT2D eigenvalue weighted by Gasteiger charge is 2.22. The van der Waals surface area contributed by atoms with Crippen LogP contribution in [0.25, 0.3) is 21.9 Å². The van der Waals surface area contributed by atoms with Crippen LogP contribution in [-0.2, 0) is 0 Å². The molecule has 1 amide bonds. The highest BCUT2D eigenvalue weighted by Crippen LogP contribution is 2.42. The number of carbonyl (C=O) groups is 1. The molecule has 3 aromatic rings. The summed E-state index contributed by atoms with van der Waals surface area (Å²) in [5, 5.41) is 2.23. The van der Waals surface area contributed by atoms with E-state index >= 15 is 0 Å². The Kier molecular flexibility index (Phi) is 5.54. The van der Waals surface area contributed by atoms with Crippen molar-refractivity contribution in [1.29, 1.82) is 0 Å². The summed E-state index contributed by atoms with van der Waals surface area (Å²) in [6, 6.07) is 9.07. The molecule has 2 fully saturated rings. The van der Waals surface area contributed by atoms with Crippen molar-refractivity contribution >= 4 is 51.4 Å². The van der Waals surface area contributed by atoms with Gasteiger partial charge in [-0.2, -0.15) is 0 Å². The zero-order valence-electron chi connectivity index (χ0n) is 16.8. The molecule has 30 heavy (non-hydrogen) atoms. The molecule has 0 spiro atoms. The molecular formula is C24H25NO3S2. The van der Waals surface area contributed by atoms with E-state index in [0.29, 0.717) is 38.0 Å². The third kappa shape index (κ3) is 3.87. The second-order valence-corrected chi connectivity index (χ2v) is 11.1. The number of amides is 1. The summed E-state index contributed by atoms with van der Waals surface area (Å²) in [6.45, 7) is 0. The molecule has 1 heterocycles. The Morgan fingerprint density at radius 3 is 2.23 bits per heavy atom. The summed E-state index contributed by atoms with van der Waals surface area (Å²) in [5.74, 6) is -0.542. The van der Waals surface area contributed by atoms with Crippen molar-refractivity contribution in [2.45, 2.75) is 71.7 Å². The Balaban J connectivity index is 1.67. The van der Waals surface area contributed by atoms with Gasteiger partial charge in [-0.3, -0.25) is 9.59 Å². The molecular weight excluding hydrogens is 414 g/mol. The molecule has 2 saturated carbocycles. The number of fused-ring (bicyclic) bond motifs is 2. The average molecular weight is 440 g/mol. The van der Waals surface area contributed by atoms with Crippen molar-refractivity contribution < 1.29 is 9.21 Å². The molecule has 0 aliphatic heterocycles. The highest BCUT2D eigenvalue weighted by atomic mass is 32.2. The van der Waals surface area contributed by atoms with Gasteiger partial charge in [-0.25, -0.2) is 0 Å². The van der Waals surface area contributed by atoms with Crippen molar-refractivity contribution in [2.24, 2.45) is 5.73 Å². The van der Waals surface area contributed by atoms with Gasteiger partial charge in [0.15, 0.2) is 5.58 Å². The molecule has 2 aromatic carbocycles. The molecule has 2 aliphatic rings. The summed E-state index contributed by atoms with van der Waals surface area (Å²) in [4.78, 5) is 27.2. The highest BCUT2D eigenvalue weighted by molar-refractivity contribution is 8.00. The minimum Gasteiger partial charge on any atom is -0.455 e. The molecule has 0 atom stereocenters. The van der Waals surface area contributed by atoms with E-state index < -0.39 is 5.91 Å². The SMILES string of the molecule is NC(=O)c1ccc2oc3c(SC4CCCC4)cc(SC4CCCC4)cc3c(=O)c2c1. The van der Waals surface area contributed by atoms with Crippen LogP contribution in [0.15, 0.2) is 49.3 Å². The molecule has 4 nitrogen and oxygen atoms in total. The maximum absolute atomic E-state index is 13.4. The molecule has 2 aliphatic carbocycles. The van der Waals surface area contributed by atoms with Gasteiger partial charge in [-0.05, 0) is 56.0 Å². The van der Waals surface area contributed by atoms with Gasteiger partial charge in [0.05, 0.1) is 15.7 Å². The zero-order chi connectivity index (χ0) is 20.7. The topological polar surface area (TPSA) is 73.3 Å². The number of nitrogens with two attached hydrogens (primary N) is 1. The minimum atomic E-state index is -0.542. The van der Waals surface area contributed by atoms with E-state index in [1.165, 1.54) is 51.4 Å². The van der Waals surface area contributed by atoms with Gasteiger partial charge in [0.25, 0.3) is 0 Å². The summed E-state index contributed by atoms with van der Waals surface area (Å²) in [7, 11) is 0. The molecule has 156 valence electrons. The summed E-state index contributed by atoms with van der Waals surface area (Å²) < 4.78 is 6.25. The number of hydrogen-bond donors (Lipinski definition) is 1. The number of thioether (sulfide) groups is 2. The van der Waals surface area contributed by atoms with Crippen LogP contribution in [0.4, 0.5) is 0 Å². The largest absolute Gasteiger partial charge is 0.455 e.